The van der Waals surface area contributed by atoms with Crippen molar-refractivity contribution in [2.45, 2.75) is 51.6 Å². The summed E-state index contributed by atoms with van der Waals surface area (Å²) in [4.78, 5) is 27.0. The summed E-state index contributed by atoms with van der Waals surface area (Å²) in [5.41, 5.74) is 7.59. The van der Waals surface area contributed by atoms with Crippen molar-refractivity contribution in [3.8, 4) is 5.75 Å². The zero-order valence-electron chi connectivity index (χ0n) is 17.9. The van der Waals surface area contributed by atoms with Crippen molar-refractivity contribution < 1.29 is 14.3 Å². The molecule has 2 aromatic carbocycles. The number of hydrogen-bond donors (Lipinski definition) is 3. The van der Waals surface area contributed by atoms with E-state index in [4.69, 9.17) is 15.9 Å². The number of nitrogen functional groups attached to an aromatic ring is 1. The first kappa shape index (κ1) is 22.3. The lowest BCUT2D eigenvalue weighted by Crippen LogP contribution is -2.33. The minimum atomic E-state index is -0.668. The summed E-state index contributed by atoms with van der Waals surface area (Å²) >= 11 is 0. The van der Waals surface area contributed by atoms with Crippen LogP contribution >= 0.6 is 0 Å². The first-order valence-corrected chi connectivity index (χ1v) is 10.8. The van der Waals surface area contributed by atoms with Gasteiger partial charge >= 0.3 is 0 Å². The van der Waals surface area contributed by atoms with Crippen LogP contribution in [0.1, 0.15) is 51.0 Å². The molecule has 0 aromatic heterocycles. The van der Waals surface area contributed by atoms with Gasteiger partial charge in [0.05, 0.1) is 0 Å². The van der Waals surface area contributed by atoms with E-state index in [-0.39, 0.29) is 17.6 Å². The molecule has 1 heterocycles. The van der Waals surface area contributed by atoms with Crippen LogP contribution in [-0.2, 0) is 9.59 Å². The maximum atomic E-state index is 12.8. The maximum Gasteiger partial charge on any atom is 0.265 e. The number of anilines is 2. The Morgan fingerprint density at radius 2 is 1.97 bits per heavy atom. The molecule has 3 rings (SSSR count). The number of amides is 2. The predicted molar refractivity (Wildman–Crippen MR) is 123 cm³/mol. The van der Waals surface area contributed by atoms with E-state index in [9.17, 15) is 9.59 Å². The minimum absolute atomic E-state index is 0.0510. The summed E-state index contributed by atoms with van der Waals surface area (Å²) in [7, 11) is 0. The fraction of sp³-hybridized carbons (Fsp3) is 0.375. The summed E-state index contributed by atoms with van der Waals surface area (Å²) in [6.45, 7) is 2.72. The number of nitrogens with zero attached hydrogens (tertiary/aromatic N) is 1. The molecule has 7 nitrogen and oxygen atoms in total. The van der Waals surface area contributed by atoms with E-state index in [1.807, 2.05) is 36.1 Å². The van der Waals surface area contributed by atoms with Crippen LogP contribution < -0.4 is 20.7 Å². The summed E-state index contributed by atoms with van der Waals surface area (Å²) < 4.78 is 5.91. The van der Waals surface area contributed by atoms with Crippen LogP contribution in [0.4, 0.5) is 11.4 Å². The Balaban J connectivity index is 1.67. The van der Waals surface area contributed by atoms with Crippen molar-refractivity contribution in [3.63, 3.8) is 0 Å². The fourth-order valence-corrected chi connectivity index (χ4v) is 3.61. The van der Waals surface area contributed by atoms with E-state index < -0.39 is 6.10 Å². The number of carbonyl (C=O) groups is 2. The quantitative estimate of drug-likeness (QED) is 0.440. The third-order valence-electron chi connectivity index (χ3n) is 5.29. The van der Waals surface area contributed by atoms with E-state index in [2.05, 4.69) is 5.32 Å². The Bertz CT molecular complexity index is 927. The van der Waals surface area contributed by atoms with Crippen molar-refractivity contribution in [1.29, 1.82) is 5.41 Å². The van der Waals surface area contributed by atoms with Crippen molar-refractivity contribution in [1.82, 2.24) is 0 Å². The molecule has 4 N–H and O–H groups in total. The number of benzene rings is 2. The largest absolute Gasteiger partial charge is 0.481 e. The summed E-state index contributed by atoms with van der Waals surface area (Å²) in [6, 6.07) is 14.2. The van der Waals surface area contributed by atoms with E-state index in [0.717, 1.165) is 37.9 Å². The third-order valence-corrected chi connectivity index (χ3v) is 5.29. The highest BCUT2D eigenvalue weighted by molar-refractivity contribution is 5.97. The Hall–Kier alpha value is -3.35. The van der Waals surface area contributed by atoms with Gasteiger partial charge in [-0.3, -0.25) is 15.0 Å². The molecule has 1 atom stereocenters. The summed E-state index contributed by atoms with van der Waals surface area (Å²) in [5, 5.41) is 10.5. The number of carbonyl (C=O) groups excluding carboxylic acids is 2. The van der Waals surface area contributed by atoms with Gasteiger partial charge in [0.2, 0.25) is 5.91 Å². The molecule has 164 valence electrons. The van der Waals surface area contributed by atoms with Gasteiger partial charge in [-0.2, -0.15) is 0 Å². The van der Waals surface area contributed by atoms with Crippen LogP contribution in [0.3, 0.4) is 0 Å². The number of nitrogens with one attached hydrogen (secondary N) is 2. The van der Waals surface area contributed by atoms with Gasteiger partial charge < -0.3 is 20.7 Å². The average Bonchev–Trinajstić information content (AvgIpc) is 2.98. The van der Waals surface area contributed by atoms with Crippen LogP contribution in [0.2, 0.25) is 0 Å². The second-order valence-electron chi connectivity index (χ2n) is 7.73. The number of rotatable bonds is 8. The molecule has 2 amide bonds. The van der Waals surface area contributed by atoms with Crippen LogP contribution in [0.15, 0.2) is 48.5 Å². The molecule has 1 aliphatic rings. The van der Waals surface area contributed by atoms with Gasteiger partial charge in [-0.05, 0) is 55.7 Å². The minimum Gasteiger partial charge on any atom is -0.481 e. The van der Waals surface area contributed by atoms with E-state index in [0.29, 0.717) is 29.8 Å². The zero-order valence-corrected chi connectivity index (χ0v) is 17.9. The molecule has 1 aliphatic heterocycles. The predicted octanol–water partition coefficient (Wildman–Crippen LogP) is 4.06. The number of amidine groups is 1. The lowest BCUT2D eigenvalue weighted by molar-refractivity contribution is -0.123. The maximum absolute atomic E-state index is 12.8. The zero-order chi connectivity index (χ0) is 22.2. The van der Waals surface area contributed by atoms with E-state index in [1.54, 1.807) is 24.3 Å². The van der Waals surface area contributed by atoms with E-state index in [1.165, 1.54) is 0 Å². The van der Waals surface area contributed by atoms with Gasteiger partial charge in [0, 0.05) is 29.9 Å². The molecule has 1 fully saturated rings. The third kappa shape index (κ3) is 6.07. The highest BCUT2D eigenvalue weighted by Crippen LogP contribution is 2.23. The second-order valence-corrected chi connectivity index (χ2v) is 7.73. The molecule has 0 spiro atoms. The van der Waals surface area contributed by atoms with Crippen molar-refractivity contribution >= 4 is 29.0 Å². The van der Waals surface area contributed by atoms with Crippen molar-refractivity contribution in [3.05, 3.63) is 54.1 Å². The van der Waals surface area contributed by atoms with Gasteiger partial charge in [-0.15, -0.1) is 0 Å². The monoisotopic (exact) mass is 422 g/mol. The highest BCUT2D eigenvalue weighted by Gasteiger charge is 2.21. The SMILES string of the molecule is CCC[C@H](Oc1cccc(C(=N)N)c1)C(=O)Nc1ccc(N2CCCCCC2=O)cc1. The van der Waals surface area contributed by atoms with Crippen molar-refractivity contribution in [2.24, 2.45) is 5.73 Å². The first-order valence-electron chi connectivity index (χ1n) is 10.8. The van der Waals surface area contributed by atoms with Gasteiger partial charge in [0.25, 0.3) is 5.91 Å². The Labute approximate surface area is 183 Å². The normalized spacial score (nSPS) is 15.1. The standard InChI is InChI=1S/C24H30N4O3/c1-2-7-21(31-20-9-6-8-17(16-20)23(25)26)24(30)27-18-11-13-19(14-12-18)28-15-5-3-4-10-22(28)29/h6,8-9,11-14,16,21H,2-5,7,10,15H2,1H3,(H3,25,26)(H,27,30)/t21-/m0/s1. The van der Waals surface area contributed by atoms with Gasteiger partial charge in [0.15, 0.2) is 6.10 Å². The van der Waals surface area contributed by atoms with Crippen LogP contribution in [-0.4, -0.2) is 30.3 Å². The fourth-order valence-electron chi connectivity index (χ4n) is 3.61. The van der Waals surface area contributed by atoms with Gasteiger partial charge in [-0.1, -0.05) is 31.9 Å². The van der Waals surface area contributed by atoms with Crippen LogP contribution in [0.25, 0.3) is 0 Å². The Morgan fingerprint density at radius 3 is 2.68 bits per heavy atom. The van der Waals surface area contributed by atoms with Gasteiger partial charge in [-0.25, -0.2) is 0 Å². The Kier molecular flexibility index (Phi) is 7.65. The van der Waals surface area contributed by atoms with Crippen LogP contribution in [0, 0.1) is 5.41 Å². The number of nitrogens with two attached hydrogens (primary N) is 1. The van der Waals surface area contributed by atoms with Crippen molar-refractivity contribution in [2.75, 3.05) is 16.8 Å². The molecular weight excluding hydrogens is 392 g/mol. The lowest BCUT2D eigenvalue weighted by Gasteiger charge is -2.21. The Morgan fingerprint density at radius 1 is 1.19 bits per heavy atom. The topological polar surface area (TPSA) is 109 Å². The molecule has 1 saturated heterocycles. The lowest BCUT2D eigenvalue weighted by atomic mass is 10.1. The molecule has 7 heteroatoms. The smallest absolute Gasteiger partial charge is 0.265 e. The molecule has 0 aliphatic carbocycles. The molecule has 0 radical (unpaired) electrons. The summed E-state index contributed by atoms with van der Waals surface area (Å²) in [6.07, 6.45) is 4.27. The number of ether oxygens (including phenoxy) is 1. The first-order chi connectivity index (χ1) is 15.0. The molecule has 0 bridgehead atoms. The molecule has 0 unspecified atom stereocenters. The van der Waals surface area contributed by atoms with Crippen LogP contribution in [0.5, 0.6) is 5.75 Å². The molecule has 31 heavy (non-hydrogen) atoms. The molecule has 0 saturated carbocycles. The van der Waals surface area contributed by atoms with Gasteiger partial charge in [0.1, 0.15) is 11.6 Å². The summed E-state index contributed by atoms with van der Waals surface area (Å²) in [5.74, 6) is 0.355. The van der Waals surface area contributed by atoms with E-state index >= 15 is 0 Å². The average molecular weight is 423 g/mol. The molecule has 2 aromatic rings. The molecular formula is C24H30N4O3. The highest BCUT2D eigenvalue weighted by atomic mass is 16.5. The number of hydrogen-bond acceptors (Lipinski definition) is 4. The second kappa shape index (κ2) is 10.6.